The molecule has 0 atom stereocenters. The van der Waals surface area contributed by atoms with Crippen molar-refractivity contribution in [3.05, 3.63) is 47.5 Å². The maximum absolute atomic E-state index is 11.2. The molecule has 0 unspecified atom stereocenters. The molecule has 19 heavy (non-hydrogen) atoms. The van der Waals surface area contributed by atoms with Gasteiger partial charge in [-0.15, -0.1) is 0 Å². The average Bonchev–Trinajstić information content (AvgIpc) is 2.34. The Morgan fingerprint density at radius 3 is 2.42 bits per heavy atom. The van der Waals surface area contributed by atoms with Crippen molar-refractivity contribution in [1.82, 2.24) is 0 Å². The lowest BCUT2D eigenvalue weighted by molar-refractivity contribution is 0.0698. The van der Waals surface area contributed by atoms with Crippen molar-refractivity contribution in [3.63, 3.8) is 0 Å². The van der Waals surface area contributed by atoms with Crippen LogP contribution in [-0.4, -0.2) is 11.1 Å². The van der Waals surface area contributed by atoms with E-state index in [-0.39, 0.29) is 5.56 Å². The highest BCUT2D eigenvalue weighted by Gasteiger charge is 2.11. The summed E-state index contributed by atoms with van der Waals surface area (Å²) in [4.78, 5) is 11.2. The molecule has 0 amide bonds. The highest BCUT2D eigenvalue weighted by atomic mass is 16.4. The number of aryl methyl sites for hydroxylation is 1. The average molecular weight is 257 g/mol. The van der Waals surface area contributed by atoms with E-state index in [1.807, 2.05) is 13.0 Å². The number of carboxylic acids is 1. The van der Waals surface area contributed by atoms with Crippen molar-refractivity contribution in [3.8, 4) is 0 Å². The number of rotatable bonds is 3. The predicted molar refractivity (Wildman–Crippen MR) is 76.7 cm³/mol. The van der Waals surface area contributed by atoms with Gasteiger partial charge < -0.3 is 21.9 Å². The standard InChI is InChI=1S/C14H15N3O2/c1-8-2-4-12(10(6-8)14(18)19)17-13-5-3-9(15)7-11(13)16/h2-7,17H,15-16H2,1H3,(H,18,19). The monoisotopic (exact) mass is 257 g/mol. The number of anilines is 4. The fraction of sp³-hybridized carbons (Fsp3) is 0.0714. The van der Waals surface area contributed by atoms with Crippen molar-refractivity contribution in [1.29, 1.82) is 0 Å². The predicted octanol–water partition coefficient (Wildman–Crippen LogP) is 2.60. The van der Waals surface area contributed by atoms with Crippen molar-refractivity contribution >= 4 is 28.7 Å². The molecule has 0 spiro atoms. The highest BCUT2D eigenvalue weighted by molar-refractivity contribution is 5.96. The van der Waals surface area contributed by atoms with Crippen molar-refractivity contribution in [2.45, 2.75) is 6.92 Å². The number of aromatic carboxylic acids is 1. The molecule has 6 N–H and O–H groups in total. The Labute approximate surface area is 110 Å². The molecule has 0 radical (unpaired) electrons. The van der Waals surface area contributed by atoms with E-state index in [1.165, 1.54) is 0 Å². The maximum atomic E-state index is 11.2. The first kappa shape index (κ1) is 12.8. The number of carbonyl (C=O) groups is 1. The summed E-state index contributed by atoms with van der Waals surface area (Å²) in [6.45, 7) is 1.84. The third kappa shape index (κ3) is 2.77. The second-order valence-electron chi connectivity index (χ2n) is 4.33. The van der Waals surface area contributed by atoms with Crippen LogP contribution in [0.25, 0.3) is 0 Å². The lowest BCUT2D eigenvalue weighted by atomic mass is 10.1. The van der Waals surface area contributed by atoms with Crippen LogP contribution in [0.3, 0.4) is 0 Å². The number of nitrogen functional groups attached to an aromatic ring is 2. The van der Waals surface area contributed by atoms with E-state index in [0.717, 1.165) is 5.56 Å². The van der Waals surface area contributed by atoms with E-state index in [9.17, 15) is 9.90 Å². The number of hydrogen-bond donors (Lipinski definition) is 4. The summed E-state index contributed by atoms with van der Waals surface area (Å²) in [7, 11) is 0. The third-order valence-electron chi connectivity index (χ3n) is 2.75. The van der Waals surface area contributed by atoms with Crippen molar-refractivity contribution in [2.75, 3.05) is 16.8 Å². The van der Waals surface area contributed by atoms with Crippen molar-refractivity contribution < 1.29 is 9.90 Å². The number of nitrogens with one attached hydrogen (secondary N) is 1. The van der Waals surface area contributed by atoms with Gasteiger partial charge in [0.15, 0.2) is 0 Å². The Morgan fingerprint density at radius 1 is 1.11 bits per heavy atom. The molecule has 5 nitrogen and oxygen atoms in total. The van der Waals surface area contributed by atoms with Gasteiger partial charge in [-0.1, -0.05) is 11.6 Å². The number of nitrogens with two attached hydrogens (primary N) is 2. The van der Waals surface area contributed by atoms with Crippen LogP contribution < -0.4 is 16.8 Å². The minimum absolute atomic E-state index is 0.205. The first-order valence-electron chi connectivity index (χ1n) is 5.73. The van der Waals surface area contributed by atoms with E-state index in [1.54, 1.807) is 30.3 Å². The zero-order valence-electron chi connectivity index (χ0n) is 10.5. The van der Waals surface area contributed by atoms with E-state index < -0.39 is 5.97 Å². The van der Waals surface area contributed by atoms with Gasteiger partial charge in [-0.3, -0.25) is 0 Å². The molecule has 0 aliphatic carbocycles. The van der Waals surface area contributed by atoms with E-state index in [2.05, 4.69) is 5.32 Å². The Hall–Kier alpha value is -2.69. The van der Waals surface area contributed by atoms with Gasteiger partial charge in [-0.05, 0) is 37.3 Å². The first-order chi connectivity index (χ1) is 8.97. The van der Waals surface area contributed by atoms with E-state index >= 15 is 0 Å². The molecule has 2 aromatic rings. The summed E-state index contributed by atoms with van der Waals surface area (Å²) >= 11 is 0. The number of benzene rings is 2. The van der Waals surface area contributed by atoms with Gasteiger partial charge in [0.25, 0.3) is 0 Å². The van der Waals surface area contributed by atoms with Crippen LogP contribution in [0.1, 0.15) is 15.9 Å². The molecule has 2 aromatic carbocycles. The summed E-state index contributed by atoms with van der Waals surface area (Å²) in [6, 6.07) is 10.2. The first-order valence-corrected chi connectivity index (χ1v) is 5.73. The normalized spacial score (nSPS) is 10.2. The molecule has 5 heteroatoms. The van der Waals surface area contributed by atoms with Crippen LogP contribution in [-0.2, 0) is 0 Å². The maximum Gasteiger partial charge on any atom is 0.337 e. The van der Waals surface area contributed by atoms with Gasteiger partial charge in [0, 0.05) is 5.69 Å². The van der Waals surface area contributed by atoms with Gasteiger partial charge in [-0.25, -0.2) is 4.79 Å². The van der Waals surface area contributed by atoms with Crippen LogP contribution in [0.15, 0.2) is 36.4 Å². The van der Waals surface area contributed by atoms with Gasteiger partial charge in [0.2, 0.25) is 0 Å². The highest BCUT2D eigenvalue weighted by Crippen LogP contribution is 2.27. The summed E-state index contributed by atoms with van der Waals surface area (Å²) in [5, 5.41) is 12.2. The quantitative estimate of drug-likeness (QED) is 0.633. The lowest BCUT2D eigenvalue weighted by Gasteiger charge is -2.12. The van der Waals surface area contributed by atoms with Gasteiger partial charge in [-0.2, -0.15) is 0 Å². The molecule has 0 aliphatic heterocycles. The summed E-state index contributed by atoms with van der Waals surface area (Å²) in [6.07, 6.45) is 0. The fourth-order valence-corrected chi connectivity index (χ4v) is 1.78. The Kier molecular flexibility index (Phi) is 3.29. The number of carboxylic acid groups (broad SMARTS) is 1. The molecule has 0 saturated heterocycles. The minimum Gasteiger partial charge on any atom is -0.478 e. The Balaban J connectivity index is 2.40. The molecular weight excluding hydrogens is 242 g/mol. The van der Waals surface area contributed by atoms with Crippen LogP contribution in [0.2, 0.25) is 0 Å². The largest absolute Gasteiger partial charge is 0.478 e. The van der Waals surface area contributed by atoms with Crippen molar-refractivity contribution in [2.24, 2.45) is 0 Å². The minimum atomic E-state index is -0.986. The molecule has 0 fully saturated rings. The summed E-state index contributed by atoms with van der Waals surface area (Å²) in [5.74, 6) is -0.986. The lowest BCUT2D eigenvalue weighted by Crippen LogP contribution is -2.04. The molecule has 0 aromatic heterocycles. The zero-order valence-corrected chi connectivity index (χ0v) is 10.5. The topological polar surface area (TPSA) is 101 Å². The second kappa shape index (κ2) is 4.89. The molecule has 0 bridgehead atoms. The number of hydrogen-bond acceptors (Lipinski definition) is 4. The van der Waals surface area contributed by atoms with Gasteiger partial charge in [0.05, 0.1) is 22.6 Å². The van der Waals surface area contributed by atoms with Gasteiger partial charge in [0.1, 0.15) is 0 Å². The second-order valence-corrected chi connectivity index (χ2v) is 4.33. The third-order valence-corrected chi connectivity index (χ3v) is 2.75. The zero-order chi connectivity index (χ0) is 14.0. The molecule has 0 saturated carbocycles. The van der Waals surface area contributed by atoms with Crippen LogP contribution >= 0.6 is 0 Å². The van der Waals surface area contributed by atoms with Crippen LogP contribution in [0, 0.1) is 6.92 Å². The SMILES string of the molecule is Cc1ccc(Nc2ccc(N)cc2N)c(C(=O)O)c1. The fourth-order valence-electron chi connectivity index (χ4n) is 1.78. The molecular formula is C14H15N3O2. The van der Waals surface area contributed by atoms with Gasteiger partial charge >= 0.3 is 5.97 Å². The van der Waals surface area contributed by atoms with Crippen LogP contribution in [0.5, 0.6) is 0 Å². The smallest absolute Gasteiger partial charge is 0.337 e. The summed E-state index contributed by atoms with van der Waals surface area (Å²) < 4.78 is 0. The Morgan fingerprint density at radius 2 is 1.79 bits per heavy atom. The molecule has 0 heterocycles. The summed E-state index contributed by atoms with van der Waals surface area (Å²) in [5.41, 5.74) is 14.7. The molecule has 98 valence electrons. The molecule has 2 rings (SSSR count). The van der Waals surface area contributed by atoms with Crippen LogP contribution in [0.4, 0.5) is 22.7 Å². The van der Waals surface area contributed by atoms with E-state index in [4.69, 9.17) is 11.5 Å². The Bertz CT molecular complexity index is 639. The molecule has 0 aliphatic rings. The van der Waals surface area contributed by atoms with E-state index in [0.29, 0.717) is 22.7 Å².